The lowest BCUT2D eigenvalue weighted by Gasteiger charge is -2.23. The van der Waals surface area contributed by atoms with Gasteiger partial charge in [0.15, 0.2) is 0 Å². The molecule has 0 saturated carbocycles. The number of carbonyl (C=O) groups excluding carboxylic acids is 1. The second-order valence-electron chi connectivity index (χ2n) is 3.49. The van der Waals surface area contributed by atoms with E-state index in [9.17, 15) is 4.79 Å². The lowest BCUT2D eigenvalue weighted by Crippen LogP contribution is -2.36. The van der Waals surface area contributed by atoms with Crippen LogP contribution in [0.5, 0.6) is 0 Å². The Hall–Kier alpha value is -1.37. The number of carbonyl (C=O) groups is 1. The number of nitrogens with one attached hydrogen (secondary N) is 1. The molecular formula is C10H16BrN5O. The van der Waals surface area contributed by atoms with Crippen molar-refractivity contribution in [2.75, 3.05) is 30.8 Å². The molecule has 0 fully saturated rings. The molecule has 0 bridgehead atoms. The van der Waals surface area contributed by atoms with Gasteiger partial charge in [-0.05, 0) is 22.4 Å². The van der Waals surface area contributed by atoms with Gasteiger partial charge >= 0.3 is 0 Å². The number of halogens is 1. The molecule has 1 aromatic heterocycles. The van der Waals surface area contributed by atoms with Gasteiger partial charge in [-0.1, -0.05) is 6.92 Å². The molecule has 0 spiro atoms. The molecule has 17 heavy (non-hydrogen) atoms. The second kappa shape index (κ2) is 6.39. The van der Waals surface area contributed by atoms with Crippen LogP contribution in [0.3, 0.4) is 0 Å². The largest absolute Gasteiger partial charge is 0.383 e. The number of nitrogens with zero attached hydrogens (tertiary/aromatic N) is 3. The molecule has 0 radical (unpaired) electrons. The standard InChI is InChI=1S/C10H16BrN5O/c1-3-4-16(5-7(17)13-2)10-8(11)9(12)14-6-15-10/h6H,3-5H2,1-2H3,(H,13,17)(H2,12,14,15). The Morgan fingerprint density at radius 2 is 2.29 bits per heavy atom. The molecular weight excluding hydrogens is 286 g/mol. The summed E-state index contributed by atoms with van der Waals surface area (Å²) in [6.07, 6.45) is 2.30. The topological polar surface area (TPSA) is 84.1 Å². The molecule has 7 heteroatoms. The average Bonchev–Trinajstić information content (AvgIpc) is 2.32. The van der Waals surface area contributed by atoms with E-state index in [1.807, 2.05) is 11.8 Å². The smallest absolute Gasteiger partial charge is 0.239 e. The quantitative estimate of drug-likeness (QED) is 0.840. The Kier molecular flexibility index (Phi) is 5.14. The van der Waals surface area contributed by atoms with Gasteiger partial charge in [-0.3, -0.25) is 4.79 Å². The molecule has 0 atom stereocenters. The molecule has 0 aliphatic carbocycles. The highest BCUT2D eigenvalue weighted by Gasteiger charge is 2.16. The zero-order valence-electron chi connectivity index (χ0n) is 9.90. The van der Waals surface area contributed by atoms with E-state index < -0.39 is 0 Å². The summed E-state index contributed by atoms with van der Waals surface area (Å²) in [5, 5.41) is 2.59. The number of anilines is 2. The van der Waals surface area contributed by atoms with Gasteiger partial charge in [-0.15, -0.1) is 0 Å². The maximum Gasteiger partial charge on any atom is 0.239 e. The van der Waals surface area contributed by atoms with E-state index in [1.165, 1.54) is 6.33 Å². The van der Waals surface area contributed by atoms with Crippen LogP contribution in [-0.4, -0.2) is 36.0 Å². The number of aromatic nitrogens is 2. The molecule has 6 nitrogen and oxygen atoms in total. The third-order valence-corrected chi connectivity index (χ3v) is 2.97. The minimum Gasteiger partial charge on any atom is -0.383 e. The van der Waals surface area contributed by atoms with E-state index in [-0.39, 0.29) is 12.5 Å². The summed E-state index contributed by atoms with van der Waals surface area (Å²) in [7, 11) is 1.61. The molecule has 3 N–H and O–H groups in total. The van der Waals surface area contributed by atoms with Gasteiger partial charge in [-0.2, -0.15) is 0 Å². The Balaban J connectivity index is 2.96. The van der Waals surface area contributed by atoms with E-state index in [1.54, 1.807) is 7.05 Å². The van der Waals surface area contributed by atoms with Gasteiger partial charge in [0.2, 0.25) is 5.91 Å². The van der Waals surface area contributed by atoms with Gasteiger partial charge in [0, 0.05) is 13.6 Å². The lowest BCUT2D eigenvalue weighted by atomic mass is 10.3. The normalized spacial score (nSPS) is 10.1. The summed E-state index contributed by atoms with van der Waals surface area (Å²) in [5.74, 6) is 0.943. The number of amides is 1. The maximum absolute atomic E-state index is 11.4. The highest BCUT2D eigenvalue weighted by Crippen LogP contribution is 2.27. The summed E-state index contributed by atoms with van der Waals surface area (Å²) >= 11 is 3.34. The predicted octanol–water partition coefficient (Wildman–Crippen LogP) is 0.784. The SMILES string of the molecule is CCCN(CC(=O)NC)c1ncnc(N)c1Br. The van der Waals surface area contributed by atoms with Crippen molar-refractivity contribution < 1.29 is 4.79 Å². The Labute approximate surface area is 109 Å². The van der Waals surface area contributed by atoms with Crippen LogP contribution in [0, 0.1) is 0 Å². The van der Waals surface area contributed by atoms with Crippen molar-refractivity contribution in [2.24, 2.45) is 0 Å². The zero-order valence-corrected chi connectivity index (χ0v) is 11.5. The van der Waals surface area contributed by atoms with E-state index in [2.05, 4.69) is 31.2 Å². The van der Waals surface area contributed by atoms with Gasteiger partial charge in [-0.25, -0.2) is 9.97 Å². The summed E-state index contributed by atoms with van der Waals surface area (Å²) in [6.45, 7) is 3.01. The molecule has 0 aliphatic rings. The molecule has 94 valence electrons. The van der Waals surface area contributed by atoms with Gasteiger partial charge in [0.05, 0.1) is 6.54 Å². The van der Waals surface area contributed by atoms with Crippen LogP contribution in [-0.2, 0) is 4.79 Å². The molecule has 0 aromatic carbocycles. The first kappa shape index (κ1) is 13.7. The van der Waals surface area contributed by atoms with Crippen LogP contribution < -0.4 is 16.0 Å². The zero-order chi connectivity index (χ0) is 12.8. The number of nitrogen functional groups attached to an aromatic ring is 1. The van der Waals surface area contributed by atoms with Crippen LogP contribution in [0.25, 0.3) is 0 Å². The summed E-state index contributed by atoms with van der Waals surface area (Å²) in [5.41, 5.74) is 5.69. The van der Waals surface area contributed by atoms with Crippen LogP contribution in [0.4, 0.5) is 11.6 Å². The van der Waals surface area contributed by atoms with Crippen molar-refractivity contribution in [2.45, 2.75) is 13.3 Å². The molecule has 0 unspecified atom stereocenters. The van der Waals surface area contributed by atoms with Crippen molar-refractivity contribution in [1.82, 2.24) is 15.3 Å². The van der Waals surface area contributed by atoms with E-state index in [4.69, 9.17) is 5.73 Å². The average molecular weight is 302 g/mol. The minimum absolute atomic E-state index is 0.0671. The van der Waals surface area contributed by atoms with Crippen molar-refractivity contribution in [3.8, 4) is 0 Å². The number of rotatable bonds is 5. The molecule has 0 aliphatic heterocycles. The third kappa shape index (κ3) is 3.55. The van der Waals surface area contributed by atoms with Crippen LogP contribution >= 0.6 is 15.9 Å². The fourth-order valence-corrected chi connectivity index (χ4v) is 1.83. The van der Waals surface area contributed by atoms with Gasteiger partial charge in [0.1, 0.15) is 22.4 Å². The van der Waals surface area contributed by atoms with Crippen LogP contribution in [0.1, 0.15) is 13.3 Å². The fourth-order valence-electron chi connectivity index (χ4n) is 1.38. The van der Waals surface area contributed by atoms with Gasteiger partial charge < -0.3 is 16.0 Å². The molecule has 1 heterocycles. The molecule has 0 saturated heterocycles. The third-order valence-electron chi connectivity index (χ3n) is 2.20. The molecule has 1 rings (SSSR count). The highest BCUT2D eigenvalue weighted by molar-refractivity contribution is 9.10. The summed E-state index contributed by atoms with van der Waals surface area (Å²) < 4.78 is 0.623. The Morgan fingerprint density at radius 3 is 2.88 bits per heavy atom. The highest BCUT2D eigenvalue weighted by atomic mass is 79.9. The van der Waals surface area contributed by atoms with Crippen molar-refractivity contribution in [3.63, 3.8) is 0 Å². The van der Waals surface area contributed by atoms with E-state index in [0.717, 1.165) is 13.0 Å². The Bertz CT molecular complexity index is 398. The summed E-state index contributed by atoms with van der Waals surface area (Å²) in [4.78, 5) is 21.3. The number of hydrogen-bond acceptors (Lipinski definition) is 5. The monoisotopic (exact) mass is 301 g/mol. The second-order valence-corrected chi connectivity index (χ2v) is 4.28. The van der Waals surface area contributed by atoms with Crippen LogP contribution in [0.2, 0.25) is 0 Å². The van der Waals surface area contributed by atoms with E-state index in [0.29, 0.717) is 16.1 Å². The first-order valence-corrected chi connectivity index (χ1v) is 6.11. The van der Waals surface area contributed by atoms with Crippen LogP contribution in [0.15, 0.2) is 10.8 Å². The summed E-state index contributed by atoms with van der Waals surface area (Å²) in [6, 6.07) is 0. The van der Waals surface area contributed by atoms with Crippen molar-refractivity contribution in [1.29, 1.82) is 0 Å². The fraction of sp³-hybridized carbons (Fsp3) is 0.500. The predicted molar refractivity (Wildman–Crippen MR) is 70.7 cm³/mol. The Morgan fingerprint density at radius 1 is 1.59 bits per heavy atom. The first-order valence-electron chi connectivity index (χ1n) is 5.31. The number of nitrogens with two attached hydrogens (primary N) is 1. The number of hydrogen-bond donors (Lipinski definition) is 2. The molecule has 1 amide bonds. The number of likely N-dealkylation sites (N-methyl/N-ethyl adjacent to an activating group) is 1. The van der Waals surface area contributed by atoms with Gasteiger partial charge in [0.25, 0.3) is 0 Å². The van der Waals surface area contributed by atoms with E-state index >= 15 is 0 Å². The van der Waals surface area contributed by atoms with Crippen molar-refractivity contribution >= 4 is 33.5 Å². The maximum atomic E-state index is 11.4. The van der Waals surface area contributed by atoms with Crippen molar-refractivity contribution in [3.05, 3.63) is 10.8 Å². The lowest BCUT2D eigenvalue weighted by molar-refractivity contribution is -0.119. The molecule has 1 aromatic rings. The first-order chi connectivity index (χ1) is 8.10. The minimum atomic E-state index is -0.0671.